The van der Waals surface area contributed by atoms with Crippen LogP contribution in [0.2, 0.25) is 5.15 Å². The highest BCUT2D eigenvalue weighted by atomic mass is 35.5. The molecule has 0 aliphatic carbocycles. The average Bonchev–Trinajstić information content (AvgIpc) is 2.61. The summed E-state index contributed by atoms with van der Waals surface area (Å²) in [4.78, 5) is 20.6. The van der Waals surface area contributed by atoms with Gasteiger partial charge in [-0.1, -0.05) is 23.7 Å². The van der Waals surface area contributed by atoms with Crippen LogP contribution in [0.1, 0.15) is 24.1 Å². The van der Waals surface area contributed by atoms with E-state index in [0.29, 0.717) is 5.15 Å². The molecule has 0 aliphatic rings. The molecule has 5 heteroatoms. The topological polar surface area (TPSA) is 54.9 Å². The Balaban J connectivity index is 1.72. The zero-order valence-electron chi connectivity index (χ0n) is 14.0. The predicted molar refractivity (Wildman–Crippen MR) is 101 cm³/mol. The fraction of sp³-hybridized carbons (Fsp3) is 0.150. The molecule has 25 heavy (non-hydrogen) atoms. The van der Waals surface area contributed by atoms with Crippen LogP contribution < -0.4 is 5.32 Å². The molecule has 0 radical (unpaired) electrons. The fourth-order valence-electron chi connectivity index (χ4n) is 2.56. The Morgan fingerprint density at radius 2 is 1.72 bits per heavy atom. The first-order valence-electron chi connectivity index (χ1n) is 7.98. The number of carbonyl (C=O) groups is 1. The predicted octanol–water partition coefficient (Wildman–Crippen LogP) is 4.85. The second kappa shape index (κ2) is 7.45. The third-order valence-corrected chi connectivity index (χ3v) is 4.23. The van der Waals surface area contributed by atoms with Crippen LogP contribution in [-0.2, 0) is 4.79 Å². The monoisotopic (exact) mass is 351 g/mol. The summed E-state index contributed by atoms with van der Waals surface area (Å²) in [5.74, 6) is -0.405. The second-order valence-corrected chi connectivity index (χ2v) is 6.27. The molecule has 126 valence electrons. The lowest BCUT2D eigenvalue weighted by Crippen LogP contribution is -2.18. The average molecular weight is 352 g/mol. The first-order chi connectivity index (χ1) is 12.0. The number of rotatable bonds is 4. The van der Waals surface area contributed by atoms with E-state index in [1.54, 1.807) is 24.5 Å². The summed E-state index contributed by atoms with van der Waals surface area (Å²) >= 11 is 5.89. The molecule has 1 atom stereocenters. The Kier molecular flexibility index (Phi) is 5.10. The van der Waals surface area contributed by atoms with Crippen LogP contribution in [0.4, 0.5) is 5.69 Å². The van der Waals surface area contributed by atoms with Gasteiger partial charge in [0.25, 0.3) is 0 Å². The van der Waals surface area contributed by atoms with E-state index in [0.717, 1.165) is 28.1 Å². The normalized spacial score (nSPS) is 11.8. The molecule has 0 saturated heterocycles. The minimum absolute atomic E-state index is 0.0882. The minimum Gasteiger partial charge on any atom is -0.326 e. The van der Waals surface area contributed by atoms with Gasteiger partial charge in [0.05, 0.1) is 5.92 Å². The highest BCUT2D eigenvalue weighted by Crippen LogP contribution is 2.23. The van der Waals surface area contributed by atoms with Crippen LogP contribution in [-0.4, -0.2) is 15.9 Å². The zero-order valence-corrected chi connectivity index (χ0v) is 14.8. The van der Waals surface area contributed by atoms with Crippen molar-refractivity contribution in [2.24, 2.45) is 0 Å². The number of aryl methyl sites for hydroxylation is 1. The number of amides is 1. The highest BCUT2D eigenvalue weighted by Gasteiger charge is 2.16. The van der Waals surface area contributed by atoms with Crippen LogP contribution in [0.3, 0.4) is 0 Å². The largest absolute Gasteiger partial charge is 0.326 e. The molecule has 1 aromatic carbocycles. The lowest BCUT2D eigenvalue weighted by molar-refractivity contribution is -0.117. The van der Waals surface area contributed by atoms with Gasteiger partial charge in [0.15, 0.2) is 0 Å². The van der Waals surface area contributed by atoms with Crippen molar-refractivity contribution in [2.45, 2.75) is 19.8 Å². The molecule has 0 fully saturated rings. The van der Waals surface area contributed by atoms with Gasteiger partial charge in [-0.25, -0.2) is 4.98 Å². The zero-order chi connectivity index (χ0) is 17.8. The van der Waals surface area contributed by atoms with E-state index in [2.05, 4.69) is 15.3 Å². The minimum atomic E-state index is -0.317. The molecule has 4 nitrogen and oxygen atoms in total. The lowest BCUT2D eigenvalue weighted by Gasteiger charge is -2.13. The molecule has 0 saturated carbocycles. The third kappa shape index (κ3) is 4.22. The molecule has 2 heterocycles. The van der Waals surface area contributed by atoms with Gasteiger partial charge in [-0.3, -0.25) is 9.78 Å². The van der Waals surface area contributed by atoms with Crippen LogP contribution in [0.15, 0.2) is 60.9 Å². The molecule has 1 amide bonds. The number of benzene rings is 1. The maximum atomic E-state index is 12.4. The Labute approximate surface area is 151 Å². The van der Waals surface area contributed by atoms with Gasteiger partial charge in [-0.15, -0.1) is 0 Å². The summed E-state index contributed by atoms with van der Waals surface area (Å²) < 4.78 is 0. The van der Waals surface area contributed by atoms with Crippen molar-refractivity contribution in [1.29, 1.82) is 0 Å². The van der Waals surface area contributed by atoms with E-state index in [9.17, 15) is 4.79 Å². The summed E-state index contributed by atoms with van der Waals surface area (Å²) in [5.41, 5.74) is 4.75. The maximum absolute atomic E-state index is 12.4. The summed E-state index contributed by atoms with van der Waals surface area (Å²) in [6, 6.07) is 15.3. The summed E-state index contributed by atoms with van der Waals surface area (Å²) in [6.45, 7) is 3.81. The number of aromatic nitrogens is 2. The number of anilines is 1. The van der Waals surface area contributed by atoms with Gasteiger partial charge in [0.2, 0.25) is 5.91 Å². The molecule has 2 aromatic heterocycles. The van der Waals surface area contributed by atoms with Crippen molar-refractivity contribution >= 4 is 23.2 Å². The smallest absolute Gasteiger partial charge is 0.231 e. The van der Waals surface area contributed by atoms with Crippen LogP contribution in [0.5, 0.6) is 0 Å². The maximum Gasteiger partial charge on any atom is 0.231 e. The van der Waals surface area contributed by atoms with Crippen molar-refractivity contribution in [2.75, 3.05) is 5.32 Å². The molecular formula is C20H18ClN3O. The number of hydrogen-bond donors (Lipinski definition) is 1. The summed E-state index contributed by atoms with van der Waals surface area (Å²) in [6.07, 6.45) is 3.40. The number of pyridine rings is 2. The molecule has 0 bridgehead atoms. The summed E-state index contributed by atoms with van der Waals surface area (Å²) in [5, 5.41) is 3.32. The standard InChI is InChI=1S/C20H18ClN3O/c1-13-11-17(8-9-22-13)15-3-5-18(6-4-15)24-20(25)14(2)16-7-10-23-19(21)12-16/h3-12,14H,1-2H3,(H,24,25). The van der Waals surface area contributed by atoms with E-state index in [4.69, 9.17) is 11.6 Å². The Morgan fingerprint density at radius 1 is 1.00 bits per heavy atom. The SMILES string of the molecule is Cc1cc(-c2ccc(NC(=O)C(C)c3ccnc(Cl)c3)cc2)ccn1. The van der Waals surface area contributed by atoms with Crippen molar-refractivity contribution in [3.63, 3.8) is 0 Å². The van der Waals surface area contributed by atoms with Gasteiger partial charge >= 0.3 is 0 Å². The van der Waals surface area contributed by atoms with E-state index in [1.165, 1.54) is 0 Å². The van der Waals surface area contributed by atoms with Crippen molar-refractivity contribution in [1.82, 2.24) is 9.97 Å². The first-order valence-corrected chi connectivity index (χ1v) is 8.36. The van der Waals surface area contributed by atoms with Gasteiger partial charge in [-0.2, -0.15) is 0 Å². The molecule has 3 aromatic rings. The summed E-state index contributed by atoms with van der Waals surface area (Å²) in [7, 11) is 0. The van der Waals surface area contributed by atoms with Gasteiger partial charge < -0.3 is 5.32 Å². The Morgan fingerprint density at radius 3 is 2.40 bits per heavy atom. The molecular weight excluding hydrogens is 334 g/mol. The van der Waals surface area contributed by atoms with Crippen molar-refractivity contribution < 1.29 is 4.79 Å². The third-order valence-electron chi connectivity index (χ3n) is 4.03. The molecule has 0 aliphatic heterocycles. The van der Waals surface area contributed by atoms with E-state index in [-0.39, 0.29) is 11.8 Å². The number of nitrogens with zero attached hydrogens (tertiary/aromatic N) is 2. The molecule has 0 spiro atoms. The molecule has 1 N–H and O–H groups in total. The number of hydrogen-bond acceptors (Lipinski definition) is 3. The Bertz CT molecular complexity index is 893. The molecule has 3 rings (SSSR count). The van der Waals surface area contributed by atoms with Gasteiger partial charge in [0, 0.05) is 23.8 Å². The Hall–Kier alpha value is -2.72. The van der Waals surface area contributed by atoms with Crippen LogP contribution in [0, 0.1) is 6.92 Å². The highest BCUT2D eigenvalue weighted by molar-refractivity contribution is 6.29. The second-order valence-electron chi connectivity index (χ2n) is 5.89. The first kappa shape index (κ1) is 17.1. The fourth-order valence-corrected chi connectivity index (χ4v) is 2.74. The van der Waals surface area contributed by atoms with E-state index < -0.39 is 0 Å². The quantitative estimate of drug-likeness (QED) is 0.684. The number of nitrogens with one attached hydrogen (secondary N) is 1. The lowest BCUT2D eigenvalue weighted by atomic mass is 10.0. The van der Waals surface area contributed by atoms with Crippen LogP contribution >= 0.6 is 11.6 Å². The van der Waals surface area contributed by atoms with Gasteiger partial charge in [-0.05, 0) is 66.9 Å². The number of carbonyl (C=O) groups excluding carboxylic acids is 1. The number of halogens is 1. The van der Waals surface area contributed by atoms with E-state index >= 15 is 0 Å². The van der Waals surface area contributed by atoms with Crippen LogP contribution in [0.25, 0.3) is 11.1 Å². The molecule has 1 unspecified atom stereocenters. The van der Waals surface area contributed by atoms with Gasteiger partial charge in [0.1, 0.15) is 5.15 Å². The van der Waals surface area contributed by atoms with Crippen molar-refractivity contribution in [3.8, 4) is 11.1 Å². The van der Waals surface area contributed by atoms with E-state index in [1.807, 2.05) is 50.2 Å². The van der Waals surface area contributed by atoms with Crippen molar-refractivity contribution in [3.05, 3.63) is 77.3 Å².